The highest BCUT2D eigenvalue weighted by Gasteiger charge is 2.20. The van der Waals surface area contributed by atoms with E-state index in [0.717, 1.165) is 19.6 Å². The van der Waals surface area contributed by atoms with Gasteiger partial charge >= 0.3 is 6.03 Å². The van der Waals surface area contributed by atoms with Gasteiger partial charge in [-0.2, -0.15) is 0 Å². The molecule has 1 aromatic carbocycles. The fraction of sp³-hybridized carbons (Fsp3) is 0.357. The number of carbonyl (C=O) groups excluding carboxylic acids is 1. The van der Waals surface area contributed by atoms with Gasteiger partial charge in [0.25, 0.3) is 0 Å². The maximum absolute atomic E-state index is 12.1. The van der Waals surface area contributed by atoms with Gasteiger partial charge < -0.3 is 10.2 Å². The van der Waals surface area contributed by atoms with Gasteiger partial charge in [-0.15, -0.1) is 6.58 Å². The summed E-state index contributed by atoms with van der Waals surface area (Å²) in [4.78, 5) is 16.2. The average molecular weight is 314 g/mol. The van der Waals surface area contributed by atoms with Gasteiger partial charge in [0, 0.05) is 48.5 Å². The van der Waals surface area contributed by atoms with Crippen LogP contribution in [-0.2, 0) is 0 Å². The van der Waals surface area contributed by atoms with Crippen molar-refractivity contribution in [2.45, 2.75) is 0 Å². The highest BCUT2D eigenvalue weighted by molar-refractivity contribution is 6.35. The molecule has 0 unspecified atom stereocenters. The number of rotatable bonds is 3. The summed E-state index contributed by atoms with van der Waals surface area (Å²) in [5, 5.41) is 3.83. The number of hydrogen-bond acceptors (Lipinski definition) is 2. The summed E-state index contributed by atoms with van der Waals surface area (Å²) in [5.41, 5.74) is 0.612. The number of nitrogens with one attached hydrogen (secondary N) is 1. The summed E-state index contributed by atoms with van der Waals surface area (Å²) in [5.74, 6) is 0. The molecule has 1 heterocycles. The molecule has 6 heteroatoms. The van der Waals surface area contributed by atoms with E-state index in [1.807, 2.05) is 6.08 Å². The zero-order valence-electron chi connectivity index (χ0n) is 11.1. The Morgan fingerprint density at radius 2 is 1.80 bits per heavy atom. The standard InChI is InChI=1S/C14H17Cl2N3O/c1-2-3-18-4-6-19(7-5-18)14(20)17-13-9-11(15)8-12(16)10-13/h2,8-10H,1,3-7H2,(H,17,20). The lowest BCUT2D eigenvalue weighted by atomic mass is 10.3. The maximum Gasteiger partial charge on any atom is 0.321 e. The molecule has 1 aromatic rings. The molecule has 1 N–H and O–H groups in total. The van der Waals surface area contributed by atoms with Crippen molar-refractivity contribution < 1.29 is 4.79 Å². The molecule has 1 saturated heterocycles. The number of anilines is 1. The Morgan fingerprint density at radius 3 is 2.35 bits per heavy atom. The fourth-order valence-electron chi connectivity index (χ4n) is 2.14. The van der Waals surface area contributed by atoms with Crippen LogP contribution in [0.25, 0.3) is 0 Å². The highest BCUT2D eigenvalue weighted by atomic mass is 35.5. The van der Waals surface area contributed by atoms with E-state index in [1.54, 1.807) is 23.1 Å². The van der Waals surface area contributed by atoms with Crippen LogP contribution in [0.1, 0.15) is 0 Å². The summed E-state index contributed by atoms with van der Waals surface area (Å²) in [6, 6.07) is 4.87. The summed E-state index contributed by atoms with van der Waals surface area (Å²) < 4.78 is 0. The van der Waals surface area contributed by atoms with Crippen LogP contribution in [0.5, 0.6) is 0 Å². The molecule has 20 heavy (non-hydrogen) atoms. The van der Waals surface area contributed by atoms with E-state index in [1.165, 1.54) is 0 Å². The van der Waals surface area contributed by atoms with Crippen molar-refractivity contribution in [1.82, 2.24) is 9.80 Å². The Bertz CT molecular complexity index is 479. The van der Waals surface area contributed by atoms with E-state index in [9.17, 15) is 4.79 Å². The average Bonchev–Trinajstić information content (AvgIpc) is 2.38. The maximum atomic E-state index is 12.1. The Hall–Kier alpha value is -1.23. The van der Waals surface area contributed by atoms with Gasteiger partial charge in [0.05, 0.1) is 0 Å². The van der Waals surface area contributed by atoms with E-state index < -0.39 is 0 Å². The number of amides is 2. The second-order valence-corrected chi connectivity index (χ2v) is 5.54. The molecule has 0 aromatic heterocycles. The van der Waals surface area contributed by atoms with Crippen LogP contribution in [0.15, 0.2) is 30.9 Å². The van der Waals surface area contributed by atoms with E-state index in [-0.39, 0.29) is 6.03 Å². The predicted molar refractivity (Wildman–Crippen MR) is 83.7 cm³/mol. The Kier molecular flexibility index (Phi) is 5.29. The Labute approximate surface area is 128 Å². The van der Waals surface area contributed by atoms with Crippen LogP contribution < -0.4 is 5.32 Å². The van der Waals surface area contributed by atoms with E-state index >= 15 is 0 Å². The fourth-order valence-corrected chi connectivity index (χ4v) is 2.67. The molecule has 108 valence electrons. The van der Waals surface area contributed by atoms with Crippen molar-refractivity contribution in [1.29, 1.82) is 0 Å². The van der Waals surface area contributed by atoms with Gasteiger partial charge in [0.15, 0.2) is 0 Å². The van der Waals surface area contributed by atoms with E-state index in [2.05, 4.69) is 16.8 Å². The lowest BCUT2D eigenvalue weighted by molar-refractivity contribution is 0.156. The predicted octanol–water partition coefficient (Wildman–Crippen LogP) is 3.33. The molecule has 0 aliphatic carbocycles. The third kappa shape index (κ3) is 4.13. The topological polar surface area (TPSA) is 35.6 Å². The second kappa shape index (κ2) is 6.97. The third-order valence-corrected chi connectivity index (χ3v) is 3.60. The molecular weight excluding hydrogens is 297 g/mol. The molecule has 0 atom stereocenters. The first kappa shape index (κ1) is 15.2. The van der Waals surface area contributed by atoms with Crippen LogP contribution in [-0.4, -0.2) is 48.6 Å². The number of carbonyl (C=O) groups is 1. The van der Waals surface area contributed by atoms with Gasteiger partial charge in [-0.25, -0.2) is 4.79 Å². The molecule has 2 amide bonds. The van der Waals surface area contributed by atoms with Crippen molar-refractivity contribution in [2.24, 2.45) is 0 Å². The van der Waals surface area contributed by atoms with E-state index in [4.69, 9.17) is 23.2 Å². The summed E-state index contributed by atoms with van der Waals surface area (Å²) in [7, 11) is 0. The van der Waals surface area contributed by atoms with Crippen LogP contribution in [0.4, 0.5) is 10.5 Å². The first-order valence-electron chi connectivity index (χ1n) is 6.44. The number of nitrogens with zero attached hydrogens (tertiary/aromatic N) is 2. The van der Waals surface area contributed by atoms with Gasteiger partial charge in [0.1, 0.15) is 0 Å². The number of halogens is 2. The number of urea groups is 1. The van der Waals surface area contributed by atoms with Crippen molar-refractivity contribution in [2.75, 3.05) is 38.0 Å². The molecule has 0 bridgehead atoms. The zero-order chi connectivity index (χ0) is 14.5. The minimum atomic E-state index is -0.124. The van der Waals surface area contributed by atoms with Crippen LogP contribution in [0.2, 0.25) is 10.0 Å². The largest absolute Gasteiger partial charge is 0.322 e. The van der Waals surface area contributed by atoms with Gasteiger partial charge in [-0.1, -0.05) is 29.3 Å². The number of benzene rings is 1. The Morgan fingerprint density at radius 1 is 1.20 bits per heavy atom. The molecule has 4 nitrogen and oxygen atoms in total. The third-order valence-electron chi connectivity index (χ3n) is 3.16. The van der Waals surface area contributed by atoms with Gasteiger partial charge in [-0.3, -0.25) is 4.90 Å². The molecule has 0 radical (unpaired) electrons. The highest BCUT2D eigenvalue weighted by Crippen LogP contribution is 2.22. The van der Waals surface area contributed by atoms with Crippen molar-refractivity contribution >= 4 is 34.9 Å². The molecule has 2 rings (SSSR count). The zero-order valence-corrected chi connectivity index (χ0v) is 12.6. The van der Waals surface area contributed by atoms with Gasteiger partial charge in [-0.05, 0) is 18.2 Å². The van der Waals surface area contributed by atoms with Crippen molar-refractivity contribution in [3.05, 3.63) is 40.9 Å². The lowest BCUT2D eigenvalue weighted by Gasteiger charge is -2.34. The number of piperazine rings is 1. The Balaban J connectivity index is 1.91. The smallest absolute Gasteiger partial charge is 0.321 e. The minimum absolute atomic E-state index is 0.124. The normalized spacial score (nSPS) is 16.0. The van der Waals surface area contributed by atoms with Crippen LogP contribution >= 0.6 is 23.2 Å². The first-order chi connectivity index (χ1) is 9.58. The van der Waals surface area contributed by atoms with Crippen molar-refractivity contribution in [3.63, 3.8) is 0 Å². The molecule has 1 fully saturated rings. The second-order valence-electron chi connectivity index (χ2n) is 4.66. The van der Waals surface area contributed by atoms with Gasteiger partial charge in [0.2, 0.25) is 0 Å². The summed E-state index contributed by atoms with van der Waals surface area (Å²) >= 11 is 11.8. The molecular formula is C14H17Cl2N3O. The minimum Gasteiger partial charge on any atom is -0.322 e. The van der Waals surface area contributed by atoms with Crippen molar-refractivity contribution in [3.8, 4) is 0 Å². The molecule has 1 aliphatic heterocycles. The number of hydrogen-bond donors (Lipinski definition) is 1. The SMILES string of the molecule is C=CCN1CCN(C(=O)Nc2cc(Cl)cc(Cl)c2)CC1. The van der Waals surface area contributed by atoms with E-state index in [0.29, 0.717) is 28.8 Å². The molecule has 0 saturated carbocycles. The van der Waals surface area contributed by atoms with Crippen LogP contribution in [0.3, 0.4) is 0 Å². The molecule has 1 aliphatic rings. The monoisotopic (exact) mass is 313 g/mol. The first-order valence-corrected chi connectivity index (χ1v) is 7.19. The quantitative estimate of drug-likeness (QED) is 0.869. The molecule has 0 spiro atoms. The summed E-state index contributed by atoms with van der Waals surface area (Å²) in [6.07, 6.45) is 1.88. The lowest BCUT2D eigenvalue weighted by Crippen LogP contribution is -2.49. The van der Waals surface area contributed by atoms with Crippen LogP contribution in [0, 0.1) is 0 Å². The summed E-state index contributed by atoms with van der Waals surface area (Å²) in [6.45, 7) is 7.70.